The Morgan fingerprint density at radius 2 is 1.88 bits per heavy atom. The van der Waals surface area contributed by atoms with Gasteiger partial charge in [0.25, 0.3) is 0 Å². The SMILES string of the molecule is CCCCSC(=O)C(CCC)C1CCCCC1. The first-order valence-electron chi connectivity index (χ1n) is 7.46. The van der Waals surface area contributed by atoms with Crippen molar-refractivity contribution in [2.75, 3.05) is 5.75 Å². The largest absolute Gasteiger partial charge is 0.287 e. The van der Waals surface area contributed by atoms with Crippen LogP contribution in [0.3, 0.4) is 0 Å². The number of unbranched alkanes of at least 4 members (excludes halogenated alkanes) is 1. The van der Waals surface area contributed by atoms with Crippen LogP contribution < -0.4 is 0 Å². The summed E-state index contributed by atoms with van der Waals surface area (Å²) in [6.45, 7) is 4.40. The van der Waals surface area contributed by atoms with Gasteiger partial charge in [-0.3, -0.25) is 4.79 Å². The summed E-state index contributed by atoms with van der Waals surface area (Å²) in [6.07, 6.45) is 11.3. The van der Waals surface area contributed by atoms with Crippen molar-refractivity contribution in [2.45, 2.75) is 71.6 Å². The lowest BCUT2D eigenvalue weighted by Gasteiger charge is -2.28. The second-order valence-electron chi connectivity index (χ2n) is 5.31. The van der Waals surface area contributed by atoms with Crippen LogP contribution >= 0.6 is 11.8 Å². The Kier molecular flexibility index (Phi) is 8.00. The number of rotatable bonds is 7. The number of carbonyl (C=O) groups is 1. The molecule has 0 amide bonds. The molecule has 1 nitrogen and oxygen atoms in total. The van der Waals surface area contributed by atoms with Gasteiger partial charge in [0, 0.05) is 11.7 Å². The van der Waals surface area contributed by atoms with Gasteiger partial charge in [-0.15, -0.1) is 0 Å². The third kappa shape index (κ3) is 5.46. The summed E-state index contributed by atoms with van der Waals surface area (Å²) < 4.78 is 0. The Balaban J connectivity index is 2.42. The van der Waals surface area contributed by atoms with Crippen molar-refractivity contribution in [3.63, 3.8) is 0 Å². The number of carbonyl (C=O) groups excluding carboxylic acids is 1. The van der Waals surface area contributed by atoms with E-state index >= 15 is 0 Å². The van der Waals surface area contributed by atoms with Crippen molar-refractivity contribution in [2.24, 2.45) is 11.8 Å². The van der Waals surface area contributed by atoms with Crippen molar-refractivity contribution < 1.29 is 4.79 Å². The van der Waals surface area contributed by atoms with Crippen LogP contribution in [0, 0.1) is 11.8 Å². The molecular weight excluding hydrogens is 228 g/mol. The minimum absolute atomic E-state index is 0.363. The highest BCUT2D eigenvalue weighted by atomic mass is 32.2. The van der Waals surface area contributed by atoms with E-state index in [-0.39, 0.29) is 0 Å². The van der Waals surface area contributed by atoms with Gasteiger partial charge in [-0.05, 0) is 31.6 Å². The molecule has 2 heteroatoms. The zero-order valence-corrected chi connectivity index (χ0v) is 12.4. The van der Waals surface area contributed by atoms with E-state index < -0.39 is 0 Å². The van der Waals surface area contributed by atoms with Crippen molar-refractivity contribution in [1.29, 1.82) is 0 Å². The second kappa shape index (κ2) is 9.02. The van der Waals surface area contributed by atoms with Crippen LogP contribution in [0.15, 0.2) is 0 Å². The molecule has 1 rings (SSSR count). The quantitative estimate of drug-likeness (QED) is 0.593. The standard InChI is InChI=1S/C15H28OS/c1-3-5-12-17-15(16)14(9-4-2)13-10-7-6-8-11-13/h13-14H,3-12H2,1-2H3. The zero-order chi connectivity index (χ0) is 12.5. The van der Waals surface area contributed by atoms with Gasteiger partial charge in [0.15, 0.2) is 5.12 Å². The Labute approximate surface area is 111 Å². The minimum atomic E-state index is 0.363. The maximum Gasteiger partial charge on any atom is 0.192 e. The van der Waals surface area contributed by atoms with Crippen LogP contribution in [0.4, 0.5) is 0 Å². The lowest BCUT2D eigenvalue weighted by molar-refractivity contribution is -0.116. The summed E-state index contributed by atoms with van der Waals surface area (Å²) >= 11 is 1.60. The Morgan fingerprint density at radius 1 is 1.18 bits per heavy atom. The fourth-order valence-electron chi connectivity index (χ4n) is 2.82. The highest BCUT2D eigenvalue weighted by Crippen LogP contribution is 2.35. The monoisotopic (exact) mass is 256 g/mol. The van der Waals surface area contributed by atoms with Crippen LogP contribution in [0.1, 0.15) is 71.6 Å². The van der Waals surface area contributed by atoms with E-state index in [2.05, 4.69) is 13.8 Å². The van der Waals surface area contributed by atoms with Gasteiger partial charge in [0.2, 0.25) is 0 Å². The average molecular weight is 256 g/mol. The summed E-state index contributed by atoms with van der Waals surface area (Å²) in [5.74, 6) is 2.09. The molecule has 0 aromatic heterocycles. The third-order valence-electron chi connectivity index (χ3n) is 3.86. The van der Waals surface area contributed by atoms with Gasteiger partial charge in [-0.2, -0.15) is 0 Å². The molecule has 0 heterocycles. The van der Waals surface area contributed by atoms with E-state index in [1.807, 2.05) is 0 Å². The molecule has 1 fully saturated rings. The summed E-state index contributed by atoms with van der Waals surface area (Å²) in [5, 5.41) is 0.493. The Morgan fingerprint density at radius 3 is 2.47 bits per heavy atom. The average Bonchev–Trinajstić information content (AvgIpc) is 2.37. The lowest BCUT2D eigenvalue weighted by atomic mass is 9.79. The van der Waals surface area contributed by atoms with Crippen LogP contribution in [0.5, 0.6) is 0 Å². The molecule has 0 aromatic carbocycles. The highest BCUT2D eigenvalue weighted by Gasteiger charge is 2.28. The normalized spacial score (nSPS) is 19.2. The van der Waals surface area contributed by atoms with E-state index in [0.29, 0.717) is 17.0 Å². The van der Waals surface area contributed by atoms with Crippen molar-refractivity contribution in [3.8, 4) is 0 Å². The second-order valence-corrected chi connectivity index (χ2v) is 6.41. The van der Waals surface area contributed by atoms with Crippen LogP contribution in [-0.2, 0) is 4.79 Å². The summed E-state index contributed by atoms with van der Waals surface area (Å²) in [7, 11) is 0. The van der Waals surface area contributed by atoms with Crippen molar-refractivity contribution in [3.05, 3.63) is 0 Å². The minimum Gasteiger partial charge on any atom is -0.287 e. The smallest absolute Gasteiger partial charge is 0.192 e. The molecule has 100 valence electrons. The molecular formula is C15H28OS. The van der Waals surface area contributed by atoms with Crippen LogP contribution in [0.25, 0.3) is 0 Å². The van der Waals surface area contributed by atoms with Crippen LogP contribution in [-0.4, -0.2) is 10.9 Å². The zero-order valence-electron chi connectivity index (χ0n) is 11.5. The molecule has 17 heavy (non-hydrogen) atoms. The summed E-state index contributed by atoms with van der Waals surface area (Å²) in [6, 6.07) is 0. The topological polar surface area (TPSA) is 17.1 Å². The van der Waals surface area contributed by atoms with Gasteiger partial charge in [0.05, 0.1) is 0 Å². The third-order valence-corrected chi connectivity index (χ3v) is 4.94. The molecule has 0 aromatic rings. The first-order chi connectivity index (χ1) is 8.29. The molecule has 1 aliphatic rings. The predicted octanol–water partition coefficient (Wildman–Crippen LogP) is 5.04. The fraction of sp³-hybridized carbons (Fsp3) is 0.933. The number of hydrogen-bond acceptors (Lipinski definition) is 2. The molecule has 1 saturated carbocycles. The highest BCUT2D eigenvalue weighted by molar-refractivity contribution is 8.13. The molecule has 1 unspecified atom stereocenters. The molecule has 1 aliphatic carbocycles. The van der Waals surface area contributed by atoms with Crippen molar-refractivity contribution in [1.82, 2.24) is 0 Å². The number of hydrogen-bond donors (Lipinski definition) is 0. The van der Waals surface area contributed by atoms with Gasteiger partial charge < -0.3 is 0 Å². The van der Waals surface area contributed by atoms with Gasteiger partial charge >= 0.3 is 0 Å². The van der Waals surface area contributed by atoms with E-state index in [9.17, 15) is 4.79 Å². The first-order valence-corrected chi connectivity index (χ1v) is 8.44. The number of thioether (sulfide) groups is 1. The lowest BCUT2D eigenvalue weighted by Crippen LogP contribution is -2.24. The first kappa shape index (κ1) is 15.1. The maximum absolute atomic E-state index is 12.3. The Bertz CT molecular complexity index is 209. The van der Waals surface area contributed by atoms with Gasteiger partial charge in [-0.1, -0.05) is 57.7 Å². The van der Waals surface area contributed by atoms with E-state index in [1.165, 1.54) is 44.9 Å². The molecule has 0 bridgehead atoms. The fourth-order valence-corrected chi connectivity index (χ4v) is 3.98. The molecule has 1 atom stereocenters. The van der Waals surface area contributed by atoms with Crippen molar-refractivity contribution >= 4 is 16.9 Å². The molecule has 0 aliphatic heterocycles. The molecule has 0 radical (unpaired) electrons. The molecule has 0 N–H and O–H groups in total. The van der Waals surface area contributed by atoms with E-state index in [1.54, 1.807) is 11.8 Å². The maximum atomic E-state index is 12.3. The summed E-state index contributed by atoms with van der Waals surface area (Å²) in [5.41, 5.74) is 0. The predicted molar refractivity (Wildman–Crippen MR) is 77.3 cm³/mol. The molecule has 0 saturated heterocycles. The summed E-state index contributed by atoms with van der Waals surface area (Å²) in [4.78, 5) is 12.3. The molecule has 0 spiro atoms. The van der Waals surface area contributed by atoms with Crippen LogP contribution in [0.2, 0.25) is 0 Å². The Hall–Kier alpha value is 0.0200. The van der Waals surface area contributed by atoms with Gasteiger partial charge in [-0.25, -0.2) is 0 Å². The van der Waals surface area contributed by atoms with Gasteiger partial charge in [0.1, 0.15) is 0 Å². The van der Waals surface area contributed by atoms with E-state index in [4.69, 9.17) is 0 Å². The van der Waals surface area contributed by atoms with E-state index in [0.717, 1.165) is 18.6 Å².